The standard InChI is InChI=1S/C10H9S/c1-7-3-4-10-8(2)11-6-9(10)5-7/h3-6H,2H2,1H3. The van der Waals surface area contributed by atoms with Gasteiger partial charge in [-0.05, 0) is 30.0 Å². The van der Waals surface area contributed by atoms with Crippen molar-refractivity contribution >= 4 is 22.1 Å². The number of fused-ring (bicyclic) bond motifs is 1. The number of benzene rings is 1. The number of hydrogen-bond donors (Lipinski definition) is 0. The third kappa shape index (κ3) is 1.05. The van der Waals surface area contributed by atoms with Crippen LogP contribution < -0.4 is 0 Å². The molecule has 0 N–H and O–H groups in total. The van der Waals surface area contributed by atoms with Gasteiger partial charge in [0.15, 0.2) is 0 Å². The van der Waals surface area contributed by atoms with E-state index in [1.54, 1.807) is 11.3 Å². The van der Waals surface area contributed by atoms with Gasteiger partial charge < -0.3 is 0 Å². The molecule has 0 bridgehead atoms. The van der Waals surface area contributed by atoms with E-state index >= 15 is 0 Å². The fourth-order valence-corrected chi connectivity index (χ4v) is 2.01. The fraction of sp³-hybridized carbons (Fsp3) is 0.100. The van der Waals surface area contributed by atoms with Crippen molar-refractivity contribution in [3.63, 3.8) is 0 Å². The molecule has 0 fully saturated rings. The molecule has 55 valence electrons. The molecule has 11 heavy (non-hydrogen) atoms. The van der Waals surface area contributed by atoms with Crippen LogP contribution in [-0.2, 0) is 0 Å². The smallest absolute Gasteiger partial charge is 0.0127 e. The molecular weight excluding hydrogens is 152 g/mol. The number of hydrogen-bond acceptors (Lipinski definition) is 1. The third-order valence-electron chi connectivity index (χ3n) is 1.84. The van der Waals surface area contributed by atoms with Crippen LogP contribution in [0.15, 0.2) is 23.6 Å². The van der Waals surface area contributed by atoms with Crippen molar-refractivity contribution in [2.45, 2.75) is 6.92 Å². The average Bonchev–Trinajstić information content (AvgIpc) is 2.32. The van der Waals surface area contributed by atoms with Crippen molar-refractivity contribution in [2.75, 3.05) is 0 Å². The van der Waals surface area contributed by atoms with E-state index in [4.69, 9.17) is 0 Å². The second-order valence-electron chi connectivity index (χ2n) is 2.75. The first kappa shape index (κ1) is 6.86. The van der Waals surface area contributed by atoms with Crippen molar-refractivity contribution in [3.8, 4) is 0 Å². The van der Waals surface area contributed by atoms with Gasteiger partial charge in [-0.3, -0.25) is 0 Å². The van der Waals surface area contributed by atoms with Crippen molar-refractivity contribution in [1.82, 2.24) is 0 Å². The number of thiophene rings is 1. The Morgan fingerprint density at radius 1 is 1.36 bits per heavy atom. The minimum atomic E-state index is 1.17. The van der Waals surface area contributed by atoms with Crippen LogP contribution >= 0.6 is 11.3 Å². The number of aryl methyl sites for hydroxylation is 1. The van der Waals surface area contributed by atoms with Crippen LogP contribution in [0.5, 0.6) is 0 Å². The van der Waals surface area contributed by atoms with Gasteiger partial charge in [0.05, 0.1) is 0 Å². The third-order valence-corrected chi connectivity index (χ3v) is 2.71. The van der Waals surface area contributed by atoms with Crippen LogP contribution in [0.1, 0.15) is 10.4 Å². The van der Waals surface area contributed by atoms with Gasteiger partial charge in [0.2, 0.25) is 0 Å². The Balaban J connectivity index is 2.86. The summed E-state index contributed by atoms with van der Waals surface area (Å²) in [7, 11) is 0. The molecule has 0 aliphatic rings. The molecule has 1 radical (unpaired) electrons. The average molecular weight is 161 g/mol. The maximum absolute atomic E-state index is 3.96. The molecule has 0 unspecified atom stereocenters. The van der Waals surface area contributed by atoms with Gasteiger partial charge >= 0.3 is 0 Å². The van der Waals surface area contributed by atoms with Crippen LogP contribution in [-0.4, -0.2) is 0 Å². The van der Waals surface area contributed by atoms with Gasteiger partial charge in [-0.1, -0.05) is 23.8 Å². The van der Waals surface area contributed by atoms with E-state index in [2.05, 4.69) is 37.4 Å². The molecule has 2 aromatic rings. The predicted molar refractivity (Wildman–Crippen MR) is 51.0 cm³/mol. The Bertz CT molecular complexity index is 385. The van der Waals surface area contributed by atoms with Crippen LogP contribution in [0.4, 0.5) is 0 Å². The van der Waals surface area contributed by atoms with Gasteiger partial charge in [-0.2, -0.15) is 0 Å². The second-order valence-corrected chi connectivity index (χ2v) is 3.71. The molecule has 1 heterocycles. The summed E-state index contributed by atoms with van der Waals surface area (Å²) in [6, 6.07) is 6.47. The summed E-state index contributed by atoms with van der Waals surface area (Å²) < 4.78 is 0. The van der Waals surface area contributed by atoms with Crippen molar-refractivity contribution in [1.29, 1.82) is 0 Å². The summed E-state index contributed by atoms with van der Waals surface area (Å²) in [6.45, 7) is 6.07. The molecule has 0 saturated carbocycles. The van der Waals surface area contributed by atoms with E-state index in [1.165, 1.54) is 21.2 Å². The van der Waals surface area contributed by atoms with E-state index in [0.29, 0.717) is 0 Å². The Morgan fingerprint density at radius 2 is 2.18 bits per heavy atom. The minimum absolute atomic E-state index is 1.17. The van der Waals surface area contributed by atoms with Crippen LogP contribution in [0.25, 0.3) is 10.8 Å². The highest BCUT2D eigenvalue weighted by molar-refractivity contribution is 7.11. The van der Waals surface area contributed by atoms with E-state index in [1.807, 2.05) is 0 Å². The van der Waals surface area contributed by atoms with Gasteiger partial charge in [-0.15, -0.1) is 11.3 Å². The van der Waals surface area contributed by atoms with E-state index < -0.39 is 0 Å². The molecule has 1 aromatic heterocycles. The van der Waals surface area contributed by atoms with E-state index in [9.17, 15) is 0 Å². The molecular formula is C10H9S. The first-order chi connectivity index (χ1) is 5.27. The molecule has 0 aliphatic heterocycles. The highest BCUT2D eigenvalue weighted by Crippen LogP contribution is 2.25. The lowest BCUT2D eigenvalue weighted by Gasteiger charge is -1.92. The monoisotopic (exact) mass is 161 g/mol. The van der Waals surface area contributed by atoms with Crippen LogP contribution in [0.2, 0.25) is 0 Å². The minimum Gasteiger partial charge on any atom is -0.148 e. The molecule has 1 heteroatoms. The fourth-order valence-electron chi connectivity index (χ4n) is 1.23. The normalized spacial score (nSPS) is 10.7. The van der Waals surface area contributed by atoms with Gasteiger partial charge in [0, 0.05) is 4.88 Å². The Morgan fingerprint density at radius 3 is 3.00 bits per heavy atom. The summed E-state index contributed by atoms with van der Waals surface area (Å²) in [5.41, 5.74) is 1.32. The van der Waals surface area contributed by atoms with Crippen LogP contribution in [0, 0.1) is 13.8 Å². The van der Waals surface area contributed by atoms with Gasteiger partial charge in [0.25, 0.3) is 0 Å². The zero-order valence-corrected chi connectivity index (χ0v) is 7.24. The van der Waals surface area contributed by atoms with Crippen molar-refractivity contribution < 1.29 is 0 Å². The first-order valence-corrected chi connectivity index (χ1v) is 4.45. The summed E-state index contributed by atoms with van der Waals surface area (Å²) in [5.74, 6) is 0. The SMILES string of the molecule is [CH2]c1scc2cc(C)ccc12. The first-order valence-electron chi connectivity index (χ1n) is 3.57. The molecule has 1 aromatic carbocycles. The lowest BCUT2D eigenvalue weighted by molar-refractivity contribution is 1.51. The Kier molecular flexibility index (Phi) is 1.46. The molecule has 0 nitrogen and oxygen atoms in total. The summed E-state index contributed by atoms with van der Waals surface area (Å²) in [5, 5.41) is 4.77. The summed E-state index contributed by atoms with van der Waals surface area (Å²) in [6.07, 6.45) is 0. The lowest BCUT2D eigenvalue weighted by Crippen LogP contribution is -1.70. The number of rotatable bonds is 0. The van der Waals surface area contributed by atoms with E-state index in [-0.39, 0.29) is 0 Å². The van der Waals surface area contributed by atoms with Crippen LogP contribution in [0.3, 0.4) is 0 Å². The van der Waals surface area contributed by atoms with Gasteiger partial charge in [-0.25, -0.2) is 0 Å². The molecule has 0 aliphatic carbocycles. The second kappa shape index (κ2) is 2.35. The summed E-state index contributed by atoms with van der Waals surface area (Å²) >= 11 is 1.72. The van der Waals surface area contributed by atoms with Crippen molar-refractivity contribution in [3.05, 3.63) is 40.9 Å². The molecule has 0 saturated heterocycles. The zero-order valence-electron chi connectivity index (χ0n) is 6.42. The van der Waals surface area contributed by atoms with Gasteiger partial charge in [0.1, 0.15) is 0 Å². The van der Waals surface area contributed by atoms with E-state index in [0.717, 1.165) is 0 Å². The van der Waals surface area contributed by atoms with Crippen molar-refractivity contribution in [2.24, 2.45) is 0 Å². The largest absolute Gasteiger partial charge is 0.148 e. The highest BCUT2D eigenvalue weighted by Gasteiger charge is 1.97. The molecule has 0 amide bonds. The maximum Gasteiger partial charge on any atom is 0.0127 e. The summed E-state index contributed by atoms with van der Waals surface area (Å²) in [4.78, 5) is 1.17. The Hall–Kier alpha value is -0.820. The predicted octanol–water partition coefficient (Wildman–Crippen LogP) is 3.39. The molecule has 0 atom stereocenters. The Labute approximate surface area is 70.5 Å². The highest BCUT2D eigenvalue weighted by atomic mass is 32.1. The molecule has 2 rings (SSSR count). The maximum atomic E-state index is 3.96. The quantitative estimate of drug-likeness (QED) is 0.555. The zero-order chi connectivity index (χ0) is 7.84. The molecule has 0 spiro atoms. The topological polar surface area (TPSA) is 0 Å². The lowest BCUT2D eigenvalue weighted by atomic mass is 10.1.